The number of nitrogens with one attached hydrogen (secondary N) is 1. The van der Waals surface area contributed by atoms with Gasteiger partial charge in [0.15, 0.2) is 18.2 Å². The fraction of sp³-hybridized carbons (Fsp3) is 0.367. The summed E-state index contributed by atoms with van der Waals surface area (Å²) in [6.45, 7) is 3.73. The van der Waals surface area contributed by atoms with Crippen LogP contribution in [0.4, 0.5) is 5.69 Å². The second kappa shape index (κ2) is 10.2. The molecule has 2 aromatic carbocycles. The first kappa shape index (κ1) is 25.3. The Kier molecular flexibility index (Phi) is 6.95. The van der Waals surface area contributed by atoms with Gasteiger partial charge < -0.3 is 15.0 Å². The van der Waals surface area contributed by atoms with Crippen molar-refractivity contribution in [1.82, 2.24) is 4.90 Å². The molecule has 1 amide bonds. The van der Waals surface area contributed by atoms with Gasteiger partial charge in [0.1, 0.15) is 5.75 Å². The molecule has 3 aliphatic rings. The minimum Gasteiger partial charge on any atom is -0.483 e. The molecule has 1 aliphatic heterocycles. The predicted molar refractivity (Wildman–Crippen MR) is 144 cm³/mol. The highest BCUT2D eigenvalue weighted by Gasteiger charge is 2.43. The van der Waals surface area contributed by atoms with Crippen LogP contribution in [-0.4, -0.2) is 36.0 Å². The van der Waals surface area contributed by atoms with Crippen molar-refractivity contribution in [1.29, 1.82) is 0 Å². The lowest BCUT2D eigenvalue weighted by atomic mass is 9.71. The molecule has 2 aromatic rings. The third-order valence-corrected chi connectivity index (χ3v) is 7.78. The van der Waals surface area contributed by atoms with Gasteiger partial charge in [0.05, 0.1) is 0 Å². The molecule has 0 fully saturated rings. The van der Waals surface area contributed by atoms with Crippen LogP contribution >= 0.6 is 11.6 Å². The van der Waals surface area contributed by atoms with Crippen LogP contribution in [-0.2, 0) is 14.4 Å². The molecule has 0 saturated heterocycles. The Balaban J connectivity index is 1.50. The smallest absolute Gasteiger partial charge is 0.262 e. The summed E-state index contributed by atoms with van der Waals surface area (Å²) in [6, 6.07) is 11.0. The first-order valence-electron chi connectivity index (χ1n) is 12.8. The fourth-order valence-electron chi connectivity index (χ4n) is 5.82. The number of ketones is 2. The molecule has 0 atom stereocenters. The predicted octanol–water partition coefficient (Wildman–Crippen LogP) is 6.02. The normalized spacial score (nSPS) is 18.1. The number of hydrogen-bond acceptors (Lipinski definition) is 5. The summed E-state index contributed by atoms with van der Waals surface area (Å²) < 4.78 is 6.05. The van der Waals surface area contributed by atoms with Gasteiger partial charge in [0.2, 0.25) is 0 Å². The quantitative estimate of drug-likeness (QED) is 0.524. The average Bonchev–Trinajstić information content (AvgIpc) is 2.86. The number of carbonyl (C=O) groups is 3. The molecule has 6 nitrogen and oxygen atoms in total. The number of halogens is 1. The molecule has 1 N–H and O–H groups in total. The Labute approximate surface area is 222 Å². The van der Waals surface area contributed by atoms with Crippen molar-refractivity contribution in [2.24, 2.45) is 0 Å². The monoisotopic (exact) mass is 518 g/mol. The van der Waals surface area contributed by atoms with Gasteiger partial charge in [0.25, 0.3) is 5.91 Å². The molecule has 0 radical (unpaired) electrons. The molecule has 37 heavy (non-hydrogen) atoms. The van der Waals surface area contributed by atoms with Crippen molar-refractivity contribution < 1.29 is 19.1 Å². The zero-order valence-corrected chi connectivity index (χ0v) is 22.2. The first-order valence-corrected chi connectivity index (χ1v) is 13.2. The molecule has 5 rings (SSSR count). The summed E-state index contributed by atoms with van der Waals surface area (Å²) in [5.74, 6) is -0.273. The van der Waals surface area contributed by atoms with Crippen LogP contribution in [0.5, 0.6) is 5.75 Å². The number of Topliss-reactive ketones (excluding diaryl/α,β-unsaturated/α-hetero) is 2. The highest BCUT2D eigenvalue weighted by molar-refractivity contribution is 6.30. The number of carbonyl (C=O) groups excluding carboxylic acids is 3. The van der Waals surface area contributed by atoms with Crippen LogP contribution < -0.4 is 10.1 Å². The maximum atomic E-state index is 13.3. The number of ether oxygens (including phenoxy) is 1. The molecule has 0 aromatic heterocycles. The first-order chi connectivity index (χ1) is 17.7. The summed E-state index contributed by atoms with van der Waals surface area (Å²) in [5, 5.41) is 3.39. The fourth-order valence-corrected chi connectivity index (χ4v) is 6.00. The largest absolute Gasteiger partial charge is 0.483 e. The van der Waals surface area contributed by atoms with Crippen LogP contribution in [0.15, 0.2) is 58.9 Å². The van der Waals surface area contributed by atoms with E-state index in [1.54, 1.807) is 18.2 Å². The van der Waals surface area contributed by atoms with Crippen molar-refractivity contribution >= 4 is 34.8 Å². The van der Waals surface area contributed by atoms with Crippen LogP contribution in [0.3, 0.4) is 0 Å². The van der Waals surface area contributed by atoms with Crippen molar-refractivity contribution in [3.63, 3.8) is 0 Å². The van der Waals surface area contributed by atoms with E-state index in [0.29, 0.717) is 40.3 Å². The van der Waals surface area contributed by atoms with Gasteiger partial charge in [-0.15, -0.1) is 0 Å². The maximum absolute atomic E-state index is 13.3. The third-order valence-electron chi connectivity index (χ3n) is 7.54. The number of allylic oxidation sites excluding steroid dienone is 4. The zero-order valence-electron chi connectivity index (χ0n) is 21.4. The van der Waals surface area contributed by atoms with Crippen molar-refractivity contribution in [2.45, 2.75) is 58.3 Å². The SMILES string of the molecule is Cc1ccc(NC(=O)COc2ccc(Cl)cc2C2C3=C(CCCC3=O)N(C)C3=C2C(=O)CCC3)c(C)c1. The summed E-state index contributed by atoms with van der Waals surface area (Å²) in [5.41, 5.74) is 6.76. The summed E-state index contributed by atoms with van der Waals surface area (Å²) in [7, 11) is 1.96. The van der Waals surface area contributed by atoms with E-state index in [1.807, 2.05) is 39.1 Å². The molecule has 0 spiro atoms. The minimum absolute atomic E-state index is 0.0570. The number of hydrogen-bond donors (Lipinski definition) is 1. The molecular formula is C30H31ClN2O4. The number of aryl methyl sites for hydroxylation is 2. The van der Waals surface area contributed by atoms with E-state index in [4.69, 9.17) is 16.3 Å². The minimum atomic E-state index is -0.544. The lowest BCUT2D eigenvalue weighted by Crippen LogP contribution is -2.37. The van der Waals surface area contributed by atoms with Gasteiger partial charge in [-0.2, -0.15) is 0 Å². The van der Waals surface area contributed by atoms with Crippen LogP contribution in [0.25, 0.3) is 0 Å². The number of nitrogens with zero attached hydrogens (tertiary/aromatic N) is 1. The highest BCUT2D eigenvalue weighted by Crippen LogP contribution is 2.50. The lowest BCUT2D eigenvalue weighted by molar-refractivity contribution is -0.119. The number of benzene rings is 2. The Bertz CT molecular complexity index is 1330. The van der Waals surface area contributed by atoms with Gasteiger partial charge >= 0.3 is 0 Å². The molecule has 1 heterocycles. The average molecular weight is 519 g/mol. The van der Waals surface area contributed by atoms with E-state index in [0.717, 1.165) is 53.9 Å². The van der Waals surface area contributed by atoms with E-state index in [1.165, 1.54) is 0 Å². The lowest BCUT2D eigenvalue weighted by Gasteiger charge is -2.42. The molecule has 7 heteroatoms. The summed E-state index contributed by atoms with van der Waals surface area (Å²) >= 11 is 6.44. The molecule has 0 saturated carbocycles. The van der Waals surface area contributed by atoms with Gasteiger partial charge in [-0.1, -0.05) is 29.3 Å². The zero-order chi connectivity index (χ0) is 26.3. The van der Waals surface area contributed by atoms with Crippen molar-refractivity contribution in [2.75, 3.05) is 19.0 Å². The van der Waals surface area contributed by atoms with Gasteiger partial charge in [0, 0.05) is 64.6 Å². The van der Waals surface area contributed by atoms with Crippen LogP contribution in [0, 0.1) is 13.8 Å². The second-order valence-electron chi connectivity index (χ2n) is 10.1. The number of amides is 1. The molecule has 0 unspecified atom stereocenters. The van der Waals surface area contributed by atoms with Crippen molar-refractivity contribution in [3.8, 4) is 5.75 Å². The molecule has 192 valence electrons. The summed E-state index contributed by atoms with van der Waals surface area (Å²) in [4.78, 5) is 41.5. The Hall–Kier alpha value is -3.38. The van der Waals surface area contributed by atoms with E-state index in [-0.39, 0.29) is 24.1 Å². The van der Waals surface area contributed by atoms with Gasteiger partial charge in [-0.05, 0) is 69.4 Å². The standard InChI is InChI=1S/C30H31ClN2O4/c1-17-10-12-21(18(2)14-17)32-27(36)16-37-26-13-11-19(31)15-20(26)28-29-22(6-4-8-24(29)34)33(3)23-7-5-9-25(35)30(23)28/h10-15,28H,4-9,16H2,1-3H3,(H,32,36). The van der Waals surface area contributed by atoms with E-state index in [9.17, 15) is 14.4 Å². The van der Waals surface area contributed by atoms with Gasteiger partial charge in [-0.25, -0.2) is 0 Å². The van der Waals surface area contributed by atoms with E-state index < -0.39 is 5.92 Å². The number of rotatable bonds is 5. The van der Waals surface area contributed by atoms with E-state index in [2.05, 4.69) is 10.2 Å². The maximum Gasteiger partial charge on any atom is 0.262 e. The Morgan fingerprint density at radius 1 is 0.973 bits per heavy atom. The molecule has 0 bridgehead atoms. The third kappa shape index (κ3) is 4.82. The van der Waals surface area contributed by atoms with Crippen molar-refractivity contribution in [3.05, 3.63) is 80.7 Å². The van der Waals surface area contributed by atoms with Crippen LogP contribution in [0.2, 0.25) is 5.02 Å². The molecular weight excluding hydrogens is 488 g/mol. The Morgan fingerprint density at radius 3 is 2.24 bits per heavy atom. The topological polar surface area (TPSA) is 75.7 Å². The molecule has 2 aliphatic carbocycles. The Morgan fingerprint density at radius 2 is 1.62 bits per heavy atom. The van der Waals surface area contributed by atoms with Crippen LogP contribution in [0.1, 0.15) is 61.1 Å². The number of anilines is 1. The van der Waals surface area contributed by atoms with E-state index >= 15 is 0 Å². The van der Waals surface area contributed by atoms with Gasteiger partial charge in [-0.3, -0.25) is 14.4 Å². The summed E-state index contributed by atoms with van der Waals surface area (Å²) in [6.07, 6.45) is 4.07. The highest BCUT2D eigenvalue weighted by atomic mass is 35.5. The second-order valence-corrected chi connectivity index (χ2v) is 10.5.